The maximum atomic E-state index is 12.1. The van der Waals surface area contributed by atoms with Crippen LogP contribution in [0.5, 0.6) is 5.75 Å². The Morgan fingerprint density at radius 3 is 2.90 bits per heavy atom. The summed E-state index contributed by atoms with van der Waals surface area (Å²) in [4.78, 5) is 12.1. The molecular formula is C15H19N3O2. The minimum Gasteiger partial charge on any atom is -0.493 e. The van der Waals surface area contributed by atoms with Crippen molar-refractivity contribution in [1.82, 2.24) is 10.2 Å². The van der Waals surface area contributed by atoms with Crippen molar-refractivity contribution in [1.29, 1.82) is 0 Å². The van der Waals surface area contributed by atoms with Crippen molar-refractivity contribution in [2.24, 2.45) is 5.92 Å². The van der Waals surface area contributed by atoms with Gasteiger partial charge in [-0.15, -0.1) is 0 Å². The number of H-pyrrole nitrogens is 1. The third-order valence-corrected chi connectivity index (χ3v) is 2.75. The topological polar surface area (TPSA) is 67.0 Å². The number of benzene rings is 1. The summed E-state index contributed by atoms with van der Waals surface area (Å²) in [7, 11) is 0. The molecule has 0 atom stereocenters. The second-order valence-corrected chi connectivity index (χ2v) is 5.10. The summed E-state index contributed by atoms with van der Waals surface area (Å²) in [5.74, 6) is 1.03. The van der Waals surface area contributed by atoms with Gasteiger partial charge in [0.15, 0.2) is 0 Å². The number of hydrogen-bond acceptors (Lipinski definition) is 3. The van der Waals surface area contributed by atoms with Gasteiger partial charge in [-0.3, -0.25) is 9.89 Å². The number of carbonyl (C=O) groups is 1. The first-order valence-electron chi connectivity index (χ1n) is 6.60. The molecule has 0 fully saturated rings. The molecule has 0 aliphatic carbocycles. The highest BCUT2D eigenvalue weighted by Crippen LogP contribution is 2.19. The quantitative estimate of drug-likeness (QED) is 0.880. The molecule has 0 saturated heterocycles. The molecule has 0 saturated carbocycles. The first kappa shape index (κ1) is 14.1. The fourth-order valence-electron chi connectivity index (χ4n) is 1.70. The zero-order chi connectivity index (χ0) is 14.5. The maximum absolute atomic E-state index is 12.1. The van der Waals surface area contributed by atoms with Crippen molar-refractivity contribution in [3.63, 3.8) is 0 Å². The number of amides is 1. The second-order valence-electron chi connectivity index (χ2n) is 5.10. The number of aromatic nitrogens is 2. The molecule has 0 spiro atoms. The molecule has 2 rings (SSSR count). The fourth-order valence-corrected chi connectivity index (χ4v) is 1.70. The minimum absolute atomic E-state index is 0.183. The summed E-state index contributed by atoms with van der Waals surface area (Å²) in [6.45, 7) is 6.64. The Hall–Kier alpha value is -2.30. The lowest BCUT2D eigenvalue weighted by molar-refractivity contribution is 0.102. The highest BCUT2D eigenvalue weighted by atomic mass is 16.5. The van der Waals surface area contributed by atoms with Gasteiger partial charge in [0.2, 0.25) is 0 Å². The third-order valence-electron chi connectivity index (χ3n) is 2.75. The van der Waals surface area contributed by atoms with E-state index in [-0.39, 0.29) is 5.91 Å². The predicted octanol–water partition coefficient (Wildman–Crippen LogP) is 3.01. The summed E-state index contributed by atoms with van der Waals surface area (Å²) < 4.78 is 5.63. The number of nitrogens with zero attached hydrogens (tertiary/aromatic N) is 1. The molecule has 2 aromatic rings. The SMILES string of the molecule is Cc1[nH]ncc1C(=O)Nc1cccc(OCC(C)C)c1. The summed E-state index contributed by atoms with van der Waals surface area (Å²) in [5, 5.41) is 9.42. The molecule has 2 N–H and O–H groups in total. The van der Waals surface area contributed by atoms with Crippen LogP contribution < -0.4 is 10.1 Å². The Balaban J connectivity index is 2.04. The number of ether oxygens (including phenoxy) is 1. The van der Waals surface area contributed by atoms with E-state index in [0.717, 1.165) is 11.4 Å². The van der Waals surface area contributed by atoms with Crippen LogP contribution in [0.25, 0.3) is 0 Å². The number of hydrogen-bond donors (Lipinski definition) is 2. The molecular weight excluding hydrogens is 254 g/mol. The zero-order valence-electron chi connectivity index (χ0n) is 11.9. The van der Waals surface area contributed by atoms with Crippen LogP contribution in [0.2, 0.25) is 0 Å². The molecule has 106 valence electrons. The van der Waals surface area contributed by atoms with Gasteiger partial charge in [-0.2, -0.15) is 5.10 Å². The Labute approximate surface area is 118 Å². The number of rotatable bonds is 5. The Kier molecular flexibility index (Phi) is 4.40. The van der Waals surface area contributed by atoms with Gasteiger partial charge in [0.25, 0.3) is 5.91 Å². The fraction of sp³-hybridized carbons (Fsp3) is 0.333. The van der Waals surface area contributed by atoms with E-state index >= 15 is 0 Å². The summed E-state index contributed by atoms with van der Waals surface area (Å²) in [6, 6.07) is 7.37. The lowest BCUT2D eigenvalue weighted by atomic mass is 10.2. The van der Waals surface area contributed by atoms with Gasteiger partial charge in [0, 0.05) is 17.4 Å². The summed E-state index contributed by atoms with van der Waals surface area (Å²) >= 11 is 0. The van der Waals surface area contributed by atoms with Gasteiger partial charge in [0.1, 0.15) is 5.75 Å². The molecule has 0 radical (unpaired) electrons. The van der Waals surface area contributed by atoms with Crippen molar-refractivity contribution in [3.8, 4) is 5.75 Å². The molecule has 1 heterocycles. The number of anilines is 1. The van der Waals surface area contributed by atoms with Crippen LogP contribution in [0.1, 0.15) is 29.9 Å². The summed E-state index contributed by atoms with van der Waals surface area (Å²) in [5.41, 5.74) is 1.99. The van der Waals surface area contributed by atoms with E-state index in [1.165, 1.54) is 6.20 Å². The van der Waals surface area contributed by atoms with Crippen LogP contribution >= 0.6 is 0 Å². The summed E-state index contributed by atoms with van der Waals surface area (Å²) in [6.07, 6.45) is 1.52. The molecule has 20 heavy (non-hydrogen) atoms. The van der Waals surface area contributed by atoms with Crippen molar-refractivity contribution in [3.05, 3.63) is 41.7 Å². The molecule has 1 aromatic carbocycles. The standard InChI is InChI=1S/C15H19N3O2/c1-10(2)9-20-13-6-4-5-12(7-13)17-15(19)14-8-16-18-11(14)3/h4-8,10H,9H2,1-3H3,(H,16,18)(H,17,19). The van der Waals surface area contributed by atoms with Gasteiger partial charge in [-0.25, -0.2) is 0 Å². The number of aromatic amines is 1. The number of aryl methyl sites for hydroxylation is 1. The Morgan fingerprint density at radius 2 is 2.25 bits per heavy atom. The highest BCUT2D eigenvalue weighted by Gasteiger charge is 2.11. The van der Waals surface area contributed by atoms with Gasteiger partial charge >= 0.3 is 0 Å². The largest absolute Gasteiger partial charge is 0.493 e. The molecule has 1 amide bonds. The maximum Gasteiger partial charge on any atom is 0.259 e. The van der Waals surface area contributed by atoms with Crippen molar-refractivity contribution in [2.75, 3.05) is 11.9 Å². The average molecular weight is 273 g/mol. The number of nitrogens with one attached hydrogen (secondary N) is 2. The highest BCUT2D eigenvalue weighted by molar-refractivity contribution is 6.04. The Morgan fingerprint density at radius 1 is 1.45 bits per heavy atom. The predicted molar refractivity (Wildman–Crippen MR) is 78.1 cm³/mol. The molecule has 0 aliphatic heterocycles. The van der Waals surface area contributed by atoms with Gasteiger partial charge in [-0.05, 0) is 25.0 Å². The van der Waals surface area contributed by atoms with Gasteiger partial charge in [-0.1, -0.05) is 19.9 Å². The van der Waals surface area contributed by atoms with Crippen molar-refractivity contribution >= 4 is 11.6 Å². The van der Waals surface area contributed by atoms with E-state index < -0.39 is 0 Å². The van der Waals surface area contributed by atoms with Crippen molar-refractivity contribution in [2.45, 2.75) is 20.8 Å². The first-order valence-corrected chi connectivity index (χ1v) is 6.60. The molecule has 0 bridgehead atoms. The average Bonchev–Trinajstić information content (AvgIpc) is 2.83. The van der Waals surface area contributed by atoms with Crippen LogP contribution in [-0.4, -0.2) is 22.7 Å². The second kappa shape index (κ2) is 6.23. The third kappa shape index (κ3) is 3.60. The van der Waals surface area contributed by atoms with Crippen molar-refractivity contribution < 1.29 is 9.53 Å². The number of carbonyl (C=O) groups excluding carboxylic acids is 1. The van der Waals surface area contributed by atoms with Crippen LogP contribution in [0.15, 0.2) is 30.5 Å². The van der Waals surface area contributed by atoms with Crippen LogP contribution in [-0.2, 0) is 0 Å². The monoisotopic (exact) mass is 273 g/mol. The minimum atomic E-state index is -0.183. The first-order chi connectivity index (χ1) is 9.56. The van der Waals surface area contributed by atoms with E-state index in [2.05, 4.69) is 29.4 Å². The normalized spacial score (nSPS) is 10.6. The lowest BCUT2D eigenvalue weighted by Crippen LogP contribution is -2.12. The van der Waals surface area contributed by atoms with E-state index in [4.69, 9.17) is 4.74 Å². The van der Waals surface area contributed by atoms with Crippen LogP contribution in [0, 0.1) is 12.8 Å². The van der Waals surface area contributed by atoms with Crippen LogP contribution in [0.3, 0.4) is 0 Å². The zero-order valence-corrected chi connectivity index (χ0v) is 11.9. The van der Waals surface area contributed by atoms with Gasteiger partial charge < -0.3 is 10.1 Å². The van der Waals surface area contributed by atoms with Crippen LogP contribution in [0.4, 0.5) is 5.69 Å². The van der Waals surface area contributed by atoms with Gasteiger partial charge in [0.05, 0.1) is 18.4 Å². The van der Waals surface area contributed by atoms with E-state index in [1.807, 2.05) is 31.2 Å². The molecule has 0 unspecified atom stereocenters. The lowest BCUT2D eigenvalue weighted by Gasteiger charge is -2.10. The molecule has 5 heteroatoms. The Bertz CT molecular complexity index is 590. The molecule has 0 aliphatic rings. The van der Waals surface area contributed by atoms with E-state index in [9.17, 15) is 4.79 Å². The molecule has 1 aromatic heterocycles. The molecule has 5 nitrogen and oxygen atoms in total. The van der Waals surface area contributed by atoms with E-state index in [1.54, 1.807) is 0 Å². The smallest absolute Gasteiger partial charge is 0.259 e. The van der Waals surface area contributed by atoms with E-state index in [0.29, 0.717) is 23.8 Å².